The topological polar surface area (TPSA) is 52.3 Å². The molecule has 0 bridgehead atoms. The number of rotatable bonds is 4. The lowest BCUT2D eigenvalue weighted by atomic mass is 10.2. The molecule has 1 heterocycles. The fourth-order valence-corrected chi connectivity index (χ4v) is 1.38. The number of hydrogen-bond acceptors (Lipinski definition) is 4. The first kappa shape index (κ1) is 11.3. The molecule has 2 rings (SSSR count). The Labute approximate surface area is 97.0 Å². The van der Waals surface area contributed by atoms with Crippen LogP contribution >= 0.6 is 0 Å². The summed E-state index contributed by atoms with van der Waals surface area (Å²) in [6.07, 6.45) is 0.548. The van der Waals surface area contributed by atoms with Crippen LogP contribution in [0.25, 0.3) is 0 Å². The summed E-state index contributed by atoms with van der Waals surface area (Å²) >= 11 is 0. The van der Waals surface area contributed by atoms with Gasteiger partial charge in [-0.25, -0.2) is 4.39 Å². The molecule has 88 valence electrons. The molecule has 1 aromatic carbocycles. The minimum atomic E-state index is -0.475. The number of carbonyl (C=O) groups is 1. The Morgan fingerprint density at radius 1 is 1.47 bits per heavy atom. The molecule has 0 fully saturated rings. The Bertz CT molecular complexity index is 536. The van der Waals surface area contributed by atoms with Crippen LogP contribution in [0.2, 0.25) is 0 Å². The van der Waals surface area contributed by atoms with Crippen LogP contribution in [0.15, 0.2) is 28.8 Å². The molecule has 0 aliphatic carbocycles. The number of aromatic nitrogens is 1. The highest BCUT2D eigenvalue weighted by Gasteiger charge is 2.06. The van der Waals surface area contributed by atoms with E-state index < -0.39 is 5.82 Å². The molecule has 0 aliphatic heterocycles. The fourth-order valence-electron chi connectivity index (χ4n) is 1.38. The van der Waals surface area contributed by atoms with Crippen molar-refractivity contribution in [3.63, 3.8) is 0 Å². The smallest absolute Gasteiger partial charge is 0.153 e. The van der Waals surface area contributed by atoms with E-state index in [1.807, 2.05) is 0 Å². The predicted octanol–water partition coefficient (Wildman–Crippen LogP) is 2.51. The van der Waals surface area contributed by atoms with Gasteiger partial charge in [0.1, 0.15) is 29.6 Å². The van der Waals surface area contributed by atoms with Crippen LogP contribution in [-0.2, 0) is 6.61 Å². The first-order valence-corrected chi connectivity index (χ1v) is 4.99. The van der Waals surface area contributed by atoms with Gasteiger partial charge < -0.3 is 9.26 Å². The summed E-state index contributed by atoms with van der Waals surface area (Å²) in [6, 6.07) is 5.49. The average Bonchev–Trinajstić information content (AvgIpc) is 2.73. The lowest BCUT2D eigenvalue weighted by Gasteiger charge is -2.06. The molecule has 4 nitrogen and oxygen atoms in total. The molecule has 0 saturated carbocycles. The van der Waals surface area contributed by atoms with Crippen LogP contribution in [0.4, 0.5) is 4.39 Å². The van der Waals surface area contributed by atoms with Crippen molar-refractivity contribution >= 4 is 6.29 Å². The lowest BCUT2D eigenvalue weighted by Crippen LogP contribution is -1.98. The summed E-state index contributed by atoms with van der Waals surface area (Å²) < 4.78 is 23.1. The van der Waals surface area contributed by atoms with E-state index in [9.17, 15) is 9.18 Å². The van der Waals surface area contributed by atoms with Crippen LogP contribution in [-0.4, -0.2) is 11.4 Å². The Morgan fingerprint density at radius 3 is 2.94 bits per heavy atom. The second-order valence-electron chi connectivity index (χ2n) is 3.52. The average molecular weight is 235 g/mol. The summed E-state index contributed by atoms with van der Waals surface area (Å²) in [5, 5.41) is 3.74. The van der Waals surface area contributed by atoms with Crippen molar-refractivity contribution in [2.45, 2.75) is 13.5 Å². The first-order valence-electron chi connectivity index (χ1n) is 4.99. The monoisotopic (exact) mass is 235 g/mol. The number of ether oxygens (including phenoxy) is 1. The maximum absolute atomic E-state index is 12.9. The Balaban J connectivity index is 2.11. The highest BCUT2D eigenvalue weighted by atomic mass is 19.1. The van der Waals surface area contributed by atoms with Crippen LogP contribution in [0, 0.1) is 12.7 Å². The number of aryl methyl sites for hydroxylation is 1. The third-order valence-electron chi connectivity index (χ3n) is 2.15. The van der Waals surface area contributed by atoms with Gasteiger partial charge in [-0.15, -0.1) is 0 Å². The molecule has 0 radical (unpaired) electrons. The van der Waals surface area contributed by atoms with Crippen LogP contribution in [0.5, 0.6) is 5.75 Å². The van der Waals surface area contributed by atoms with Crippen molar-refractivity contribution in [3.05, 3.63) is 47.1 Å². The van der Waals surface area contributed by atoms with E-state index in [4.69, 9.17) is 9.26 Å². The normalized spacial score (nSPS) is 10.2. The number of carbonyl (C=O) groups excluding carboxylic acids is 1. The summed E-state index contributed by atoms with van der Waals surface area (Å²) in [5.41, 5.74) is 0.786. The third-order valence-corrected chi connectivity index (χ3v) is 2.15. The Morgan fingerprint density at radius 2 is 2.29 bits per heavy atom. The second kappa shape index (κ2) is 4.78. The standard InChI is InChI=1S/C12H10FNO3/c1-8-4-11(14-17-8)7-16-12-3-2-10(13)5-9(12)6-15/h2-6H,7H2,1H3. The quantitative estimate of drug-likeness (QED) is 0.764. The maximum atomic E-state index is 12.9. The highest BCUT2D eigenvalue weighted by Crippen LogP contribution is 2.19. The van der Waals surface area contributed by atoms with Gasteiger partial charge in [0, 0.05) is 6.07 Å². The van der Waals surface area contributed by atoms with Crippen LogP contribution in [0.1, 0.15) is 21.8 Å². The van der Waals surface area contributed by atoms with E-state index in [0.29, 0.717) is 23.5 Å². The van der Waals surface area contributed by atoms with Gasteiger partial charge in [0.05, 0.1) is 5.56 Å². The van der Waals surface area contributed by atoms with E-state index >= 15 is 0 Å². The molecule has 1 aromatic heterocycles. The highest BCUT2D eigenvalue weighted by molar-refractivity contribution is 5.79. The van der Waals surface area contributed by atoms with E-state index in [1.165, 1.54) is 12.1 Å². The number of halogens is 1. The van der Waals surface area contributed by atoms with Crippen molar-refractivity contribution in [2.75, 3.05) is 0 Å². The zero-order valence-corrected chi connectivity index (χ0v) is 9.14. The molecule has 17 heavy (non-hydrogen) atoms. The van der Waals surface area contributed by atoms with Gasteiger partial charge in [-0.2, -0.15) is 0 Å². The minimum absolute atomic E-state index is 0.170. The number of nitrogens with zero attached hydrogens (tertiary/aromatic N) is 1. The van der Waals surface area contributed by atoms with Crippen molar-refractivity contribution in [1.29, 1.82) is 0 Å². The molecule has 0 spiro atoms. The van der Waals surface area contributed by atoms with Crippen molar-refractivity contribution in [2.24, 2.45) is 0 Å². The molecule has 0 saturated heterocycles. The summed E-state index contributed by atoms with van der Waals surface area (Å²) in [5.74, 6) is 0.525. The number of hydrogen-bond donors (Lipinski definition) is 0. The van der Waals surface area contributed by atoms with Gasteiger partial charge in [-0.1, -0.05) is 5.16 Å². The van der Waals surface area contributed by atoms with E-state index in [1.54, 1.807) is 13.0 Å². The van der Waals surface area contributed by atoms with Crippen LogP contribution < -0.4 is 4.74 Å². The zero-order chi connectivity index (χ0) is 12.3. The van der Waals surface area contributed by atoms with E-state index in [0.717, 1.165) is 6.07 Å². The Hall–Kier alpha value is -2.17. The van der Waals surface area contributed by atoms with Crippen molar-refractivity contribution in [3.8, 4) is 5.75 Å². The molecule has 2 aromatic rings. The molecule has 0 atom stereocenters. The number of benzene rings is 1. The Kier molecular flexibility index (Phi) is 3.18. The van der Waals surface area contributed by atoms with Gasteiger partial charge >= 0.3 is 0 Å². The molecular weight excluding hydrogens is 225 g/mol. The SMILES string of the molecule is Cc1cc(COc2ccc(F)cc2C=O)no1. The molecule has 5 heteroatoms. The number of aldehydes is 1. The van der Waals surface area contributed by atoms with Gasteiger partial charge in [-0.3, -0.25) is 4.79 Å². The maximum Gasteiger partial charge on any atom is 0.153 e. The summed E-state index contributed by atoms with van der Waals surface area (Å²) in [4.78, 5) is 10.7. The molecular formula is C12H10FNO3. The molecule has 0 aliphatic rings. The van der Waals surface area contributed by atoms with Crippen molar-refractivity contribution < 1.29 is 18.4 Å². The fraction of sp³-hybridized carbons (Fsp3) is 0.167. The summed E-state index contributed by atoms with van der Waals surface area (Å²) in [7, 11) is 0. The van der Waals surface area contributed by atoms with E-state index in [-0.39, 0.29) is 12.2 Å². The second-order valence-corrected chi connectivity index (χ2v) is 3.52. The lowest BCUT2D eigenvalue weighted by molar-refractivity contribution is 0.111. The van der Waals surface area contributed by atoms with E-state index in [2.05, 4.69) is 5.16 Å². The van der Waals surface area contributed by atoms with Gasteiger partial charge in [-0.05, 0) is 25.1 Å². The predicted molar refractivity (Wildman–Crippen MR) is 57.4 cm³/mol. The summed E-state index contributed by atoms with van der Waals surface area (Å²) in [6.45, 7) is 1.94. The molecule has 0 amide bonds. The van der Waals surface area contributed by atoms with Crippen molar-refractivity contribution in [1.82, 2.24) is 5.16 Å². The van der Waals surface area contributed by atoms with Gasteiger partial charge in [0.25, 0.3) is 0 Å². The van der Waals surface area contributed by atoms with Gasteiger partial charge in [0.2, 0.25) is 0 Å². The zero-order valence-electron chi connectivity index (χ0n) is 9.14. The molecule has 0 unspecified atom stereocenters. The van der Waals surface area contributed by atoms with Gasteiger partial charge in [0.15, 0.2) is 6.29 Å². The first-order chi connectivity index (χ1) is 8.19. The molecule has 0 N–H and O–H groups in total. The minimum Gasteiger partial charge on any atom is -0.486 e. The van der Waals surface area contributed by atoms with Crippen LogP contribution in [0.3, 0.4) is 0 Å². The third kappa shape index (κ3) is 2.69. The largest absolute Gasteiger partial charge is 0.486 e.